The Bertz CT molecular complexity index is 241. The molecule has 2 nitrogen and oxygen atoms in total. The fraction of sp³-hybridized carbons (Fsp3) is 0.688. The van der Waals surface area contributed by atoms with Crippen LogP contribution in [-0.2, 0) is 4.79 Å². The number of aliphatic carboxylic acids is 1. The van der Waals surface area contributed by atoms with Gasteiger partial charge in [0.1, 0.15) is 0 Å². The molecule has 0 aromatic carbocycles. The van der Waals surface area contributed by atoms with Gasteiger partial charge in [0.15, 0.2) is 0 Å². The maximum absolute atomic E-state index is 10.3. The summed E-state index contributed by atoms with van der Waals surface area (Å²) < 4.78 is 0. The lowest BCUT2D eigenvalue weighted by Crippen LogP contribution is -1.93. The number of unbranched alkanes of at least 4 members (excludes halogenated alkanes) is 7. The van der Waals surface area contributed by atoms with Crippen LogP contribution in [0, 0.1) is 0 Å². The molecule has 0 aliphatic rings. The van der Waals surface area contributed by atoms with Gasteiger partial charge in [0.2, 0.25) is 0 Å². The standard InChI is InChI=1S/C16H28O2/c1-2-3-4-5-6-7-8-9-10-11-12-13-14-15-16(17)18/h7-10H,2-6,11-15H2,1H3,(H,17,18). The Morgan fingerprint density at radius 1 is 0.889 bits per heavy atom. The third-order valence-corrected chi connectivity index (χ3v) is 2.87. The van der Waals surface area contributed by atoms with E-state index in [1.54, 1.807) is 0 Å². The van der Waals surface area contributed by atoms with Crippen molar-refractivity contribution in [3.8, 4) is 0 Å². The minimum absolute atomic E-state index is 0.307. The van der Waals surface area contributed by atoms with Crippen LogP contribution in [0.25, 0.3) is 0 Å². The molecule has 0 radical (unpaired) electrons. The fourth-order valence-corrected chi connectivity index (χ4v) is 1.75. The van der Waals surface area contributed by atoms with E-state index in [4.69, 9.17) is 5.11 Å². The van der Waals surface area contributed by atoms with E-state index in [9.17, 15) is 4.79 Å². The zero-order chi connectivity index (χ0) is 13.5. The molecule has 0 fully saturated rings. The summed E-state index contributed by atoms with van der Waals surface area (Å²) in [5.74, 6) is -0.684. The number of rotatable bonds is 12. The van der Waals surface area contributed by atoms with Crippen molar-refractivity contribution in [2.24, 2.45) is 0 Å². The lowest BCUT2D eigenvalue weighted by molar-refractivity contribution is -0.137. The molecular weight excluding hydrogens is 224 g/mol. The third kappa shape index (κ3) is 14.9. The third-order valence-electron chi connectivity index (χ3n) is 2.87. The largest absolute Gasteiger partial charge is 0.481 e. The molecule has 0 bridgehead atoms. The van der Waals surface area contributed by atoms with E-state index in [-0.39, 0.29) is 0 Å². The van der Waals surface area contributed by atoms with Gasteiger partial charge in [-0.05, 0) is 32.1 Å². The van der Waals surface area contributed by atoms with Gasteiger partial charge >= 0.3 is 5.97 Å². The van der Waals surface area contributed by atoms with Gasteiger partial charge in [0.25, 0.3) is 0 Å². The second-order valence-corrected chi connectivity index (χ2v) is 4.70. The Morgan fingerprint density at radius 2 is 1.44 bits per heavy atom. The van der Waals surface area contributed by atoms with E-state index in [1.165, 1.54) is 32.1 Å². The lowest BCUT2D eigenvalue weighted by atomic mass is 10.1. The normalized spacial score (nSPS) is 11.6. The molecule has 0 aromatic heterocycles. The molecule has 0 heterocycles. The molecule has 0 aliphatic heterocycles. The predicted octanol–water partition coefficient (Wildman–Crippen LogP) is 5.10. The van der Waals surface area contributed by atoms with E-state index in [0.29, 0.717) is 6.42 Å². The molecule has 18 heavy (non-hydrogen) atoms. The minimum Gasteiger partial charge on any atom is -0.481 e. The van der Waals surface area contributed by atoms with Gasteiger partial charge in [-0.15, -0.1) is 0 Å². The number of hydrogen-bond acceptors (Lipinski definition) is 1. The summed E-state index contributed by atoms with van der Waals surface area (Å²) in [5, 5.41) is 8.47. The molecule has 0 aromatic rings. The van der Waals surface area contributed by atoms with Gasteiger partial charge in [0, 0.05) is 6.42 Å². The highest BCUT2D eigenvalue weighted by molar-refractivity contribution is 5.66. The Hall–Kier alpha value is -1.05. The summed E-state index contributed by atoms with van der Waals surface area (Å²) in [6.45, 7) is 2.23. The highest BCUT2D eigenvalue weighted by atomic mass is 16.4. The number of carboxylic acid groups (broad SMARTS) is 1. The van der Waals surface area contributed by atoms with Crippen LogP contribution < -0.4 is 0 Å². The van der Waals surface area contributed by atoms with E-state index < -0.39 is 5.97 Å². The van der Waals surface area contributed by atoms with Crippen molar-refractivity contribution in [1.82, 2.24) is 0 Å². The molecule has 0 aliphatic carbocycles. The zero-order valence-electron chi connectivity index (χ0n) is 11.7. The van der Waals surface area contributed by atoms with Crippen molar-refractivity contribution in [2.75, 3.05) is 0 Å². The van der Waals surface area contributed by atoms with Crippen molar-refractivity contribution < 1.29 is 9.90 Å². The summed E-state index contributed by atoms with van der Waals surface area (Å²) in [6, 6.07) is 0. The monoisotopic (exact) mass is 252 g/mol. The zero-order valence-corrected chi connectivity index (χ0v) is 11.7. The summed E-state index contributed by atoms with van der Waals surface area (Å²) in [7, 11) is 0. The molecule has 0 spiro atoms. The first-order valence-corrected chi connectivity index (χ1v) is 7.30. The van der Waals surface area contributed by atoms with Crippen LogP contribution in [-0.4, -0.2) is 11.1 Å². The van der Waals surface area contributed by atoms with Gasteiger partial charge in [-0.2, -0.15) is 0 Å². The second kappa shape index (κ2) is 14.0. The van der Waals surface area contributed by atoms with Gasteiger partial charge in [-0.3, -0.25) is 4.79 Å². The maximum atomic E-state index is 10.3. The Kier molecular flexibility index (Phi) is 13.2. The van der Waals surface area contributed by atoms with E-state index in [2.05, 4.69) is 31.2 Å². The van der Waals surface area contributed by atoms with Crippen molar-refractivity contribution in [2.45, 2.75) is 71.1 Å². The Morgan fingerprint density at radius 3 is 1.94 bits per heavy atom. The van der Waals surface area contributed by atoms with Gasteiger partial charge in [0.05, 0.1) is 0 Å². The van der Waals surface area contributed by atoms with Crippen LogP contribution >= 0.6 is 0 Å². The lowest BCUT2D eigenvalue weighted by Gasteiger charge is -1.94. The molecule has 0 amide bonds. The van der Waals surface area contributed by atoms with Crippen molar-refractivity contribution >= 4 is 5.97 Å². The number of allylic oxidation sites excluding steroid dienone is 4. The average molecular weight is 252 g/mol. The molecule has 0 atom stereocenters. The Balaban J connectivity index is 3.21. The number of hydrogen-bond donors (Lipinski definition) is 1. The second-order valence-electron chi connectivity index (χ2n) is 4.70. The maximum Gasteiger partial charge on any atom is 0.303 e. The van der Waals surface area contributed by atoms with Gasteiger partial charge in [-0.25, -0.2) is 0 Å². The quantitative estimate of drug-likeness (QED) is 0.387. The van der Waals surface area contributed by atoms with Crippen LogP contribution in [0.4, 0.5) is 0 Å². The first kappa shape index (κ1) is 16.9. The van der Waals surface area contributed by atoms with E-state index in [0.717, 1.165) is 25.7 Å². The molecule has 1 N–H and O–H groups in total. The van der Waals surface area contributed by atoms with Crippen molar-refractivity contribution in [3.63, 3.8) is 0 Å². The van der Waals surface area contributed by atoms with Gasteiger partial charge in [-0.1, -0.05) is 56.9 Å². The van der Waals surface area contributed by atoms with Crippen LogP contribution in [0.3, 0.4) is 0 Å². The highest BCUT2D eigenvalue weighted by Gasteiger charge is 1.94. The molecular formula is C16H28O2. The fourth-order valence-electron chi connectivity index (χ4n) is 1.75. The Labute approximate surface area is 112 Å². The SMILES string of the molecule is CCCCCCC=CC=CCCCCCC(=O)O. The van der Waals surface area contributed by atoms with Crippen LogP contribution in [0.5, 0.6) is 0 Å². The number of carboxylic acids is 1. The number of carbonyl (C=O) groups is 1. The molecule has 0 saturated carbocycles. The predicted molar refractivity (Wildman–Crippen MR) is 77.8 cm³/mol. The molecule has 0 saturated heterocycles. The first-order chi connectivity index (χ1) is 8.77. The van der Waals surface area contributed by atoms with Crippen LogP contribution in [0.1, 0.15) is 71.1 Å². The summed E-state index contributed by atoms with van der Waals surface area (Å²) in [5.41, 5.74) is 0. The van der Waals surface area contributed by atoms with Crippen LogP contribution in [0.15, 0.2) is 24.3 Å². The topological polar surface area (TPSA) is 37.3 Å². The van der Waals surface area contributed by atoms with E-state index >= 15 is 0 Å². The smallest absolute Gasteiger partial charge is 0.303 e. The summed E-state index contributed by atoms with van der Waals surface area (Å²) >= 11 is 0. The van der Waals surface area contributed by atoms with Crippen molar-refractivity contribution in [1.29, 1.82) is 0 Å². The summed E-state index contributed by atoms with van der Waals surface area (Å²) in [6.07, 6.45) is 19.4. The van der Waals surface area contributed by atoms with Crippen molar-refractivity contribution in [3.05, 3.63) is 24.3 Å². The highest BCUT2D eigenvalue weighted by Crippen LogP contribution is 2.05. The van der Waals surface area contributed by atoms with Crippen LogP contribution in [0.2, 0.25) is 0 Å². The average Bonchev–Trinajstić information content (AvgIpc) is 2.34. The minimum atomic E-state index is -0.684. The van der Waals surface area contributed by atoms with E-state index in [1.807, 2.05) is 0 Å². The molecule has 0 unspecified atom stereocenters. The summed E-state index contributed by atoms with van der Waals surface area (Å²) in [4.78, 5) is 10.3. The molecule has 0 rings (SSSR count). The van der Waals surface area contributed by atoms with Gasteiger partial charge < -0.3 is 5.11 Å². The molecule has 104 valence electrons. The molecule has 2 heteroatoms. The first-order valence-electron chi connectivity index (χ1n) is 7.30.